The standard InChI is InChI=1S/C10H21NO/c1-4-9(2)7-10(12)5-6-11(3)8-10/h9,12H,4-8H2,1-3H3. The molecule has 1 aliphatic rings. The summed E-state index contributed by atoms with van der Waals surface area (Å²) < 4.78 is 0. The summed E-state index contributed by atoms with van der Waals surface area (Å²) in [5.41, 5.74) is -0.385. The smallest absolute Gasteiger partial charge is 0.0788 e. The van der Waals surface area contributed by atoms with Crippen molar-refractivity contribution in [1.29, 1.82) is 0 Å². The molecule has 0 aromatic rings. The Hall–Kier alpha value is -0.0800. The summed E-state index contributed by atoms with van der Waals surface area (Å²) in [5, 5.41) is 10.1. The van der Waals surface area contributed by atoms with Gasteiger partial charge >= 0.3 is 0 Å². The zero-order valence-electron chi connectivity index (χ0n) is 8.51. The SMILES string of the molecule is CCC(C)CC1(O)CCN(C)C1. The van der Waals surface area contributed by atoms with E-state index in [1.807, 2.05) is 0 Å². The first-order valence-corrected chi connectivity index (χ1v) is 4.96. The molecule has 1 fully saturated rings. The summed E-state index contributed by atoms with van der Waals surface area (Å²) in [6, 6.07) is 0. The van der Waals surface area contributed by atoms with E-state index in [9.17, 15) is 5.11 Å². The number of nitrogens with zero attached hydrogens (tertiary/aromatic N) is 1. The lowest BCUT2D eigenvalue weighted by Crippen LogP contribution is -2.33. The van der Waals surface area contributed by atoms with Crippen LogP contribution in [0.4, 0.5) is 0 Å². The molecule has 1 N–H and O–H groups in total. The molecule has 0 saturated carbocycles. The predicted octanol–water partition coefficient (Wildman–Crippen LogP) is 1.49. The Morgan fingerprint density at radius 3 is 2.67 bits per heavy atom. The predicted molar refractivity (Wildman–Crippen MR) is 51.1 cm³/mol. The Kier molecular flexibility index (Phi) is 3.13. The van der Waals surface area contributed by atoms with Gasteiger partial charge in [0.2, 0.25) is 0 Å². The Bertz CT molecular complexity index is 149. The largest absolute Gasteiger partial charge is 0.388 e. The average molecular weight is 171 g/mol. The molecule has 12 heavy (non-hydrogen) atoms. The second-order valence-corrected chi connectivity index (χ2v) is 4.43. The number of aliphatic hydroxyl groups is 1. The minimum absolute atomic E-state index is 0.385. The fourth-order valence-corrected chi connectivity index (χ4v) is 2.02. The molecule has 0 bridgehead atoms. The zero-order valence-corrected chi connectivity index (χ0v) is 8.51. The highest BCUT2D eigenvalue weighted by molar-refractivity contribution is 4.89. The maximum Gasteiger partial charge on any atom is 0.0788 e. The summed E-state index contributed by atoms with van der Waals surface area (Å²) in [5.74, 6) is 0.654. The monoisotopic (exact) mass is 171 g/mol. The van der Waals surface area contributed by atoms with Gasteiger partial charge in [-0.15, -0.1) is 0 Å². The van der Waals surface area contributed by atoms with E-state index in [2.05, 4.69) is 25.8 Å². The van der Waals surface area contributed by atoms with Crippen LogP contribution in [-0.2, 0) is 0 Å². The molecule has 0 aromatic heterocycles. The van der Waals surface area contributed by atoms with Gasteiger partial charge in [-0.25, -0.2) is 0 Å². The van der Waals surface area contributed by atoms with Crippen molar-refractivity contribution < 1.29 is 5.11 Å². The van der Waals surface area contributed by atoms with Crippen LogP contribution in [0.25, 0.3) is 0 Å². The fraction of sp³-hybridized carbons (Fsp3) is 1.00. The molecule has 0 aliphatic carbocycles. The van der Waals surface area contributed by atoms with E-state index in [0.29, 0.717) is 5.92 Å². The molecule has 0 radical (unpaired) electrons. The molecule has 0 amide bonds. The van der Waals surface area contributed by atoms with Crippen molar-refractivity contribution in [2.45, 2.75) is 38.7 Å². The first-order chi connectivity index (χ1) is 5.56. The normalized spacial score (nSPS) is 34.0. The van der Waals surface area contributed by atoms with Crippen LogP contribution >= 0.6 is 0 Å². The third-order valence-corrected chi connectivity index (χ3v) is 2.95. The maximum atomic E-state index is 10.1. The van der Waals surface area contributed by atoms with Gasteiger partial charge in [-0.1, -0.05) is 20.3 Å². The molecule has 2 unspecified atom stereocenters. The minimum atomic E-state index is -0.385. The van der Waals surface area contributed by atoms with Crippen LogP contribution in [0.2, 0.25) is 0 Å². The van der Waals surface area contributed by atoms with E-state index < -0.39 is 0 Å². The molecule has 2 atom stereocenters. The van der Waals surface area contributed by atoms with Crippen LogP contribution in [0.3, 0.4) is 0 Å². The van der Waals surface area contributed by atoms with Crippen LogP contribution in [0, 0.1) is 5.92 Å². The van der Waals surface area contributed by atoms with Crippen LogP contribution in [-0.4, -0.2) is 35.7 Å². The molecule has 2 nitrogen and oxygen atoms in total. The van der Waals surface area contributed by atoms with Gasteiger partial charge in [-0.05, 0) is 25.8 Å². The molecule has 1 saturated heterocycles. The van der Waals surface area contributed by atoms with Crippen molar-refractivity contribution in [3.63, 3.8) is 0 Å². The van der Waals surface area contributed by atoms with Crippen molar-refractivity contribution in [1.82, 2.24) is 4.90 Å². The van der Waals surface area contributed by atoms with Gasteiger partial charge in [0, 0.05) is 13.1 Å². The maximum absolute atomic E-state index is 10.1. The second kappa shape index (κ2) is 3.75. The minimum Gasteiger partial charge on any atom is -0.388 e. The second-order valence-electron chi connectivity index (χ2n) is 4.43. The number of β-amino-alcohol motifs (C(OH)–C–C–N with tert-alkyl or cyclic N) is 1. The van der Waals surface area contributed by atoms with Gasteiger partial charge in [-0.2, -0.15) is 0 Å². The van der Waals surface area contributed by atoms with Gasteiger partial charge in [0.25, 0.3) is 0 Å². The van der Waals surface area contributed by atoms with E-state index >= 15 is 0 Å². The molecular formula is C10H21NO. The van der Waals surface area contributed by atoms with Crippen molar-refractivity contribution in [2.24, 2.45) is 5.92 Å². The van der Waals surface area contributed by atoms with Gasteiger partial charge in [0.1, 0.15) is 0 Å². The highest BCUT2D eigenvalue weighted by Crippen LogP contribution is 2.28. The molecule has 2 heteroatoms. The lowest BCUT2D eigenvalue weighted by Gasteiger charge is -2.25. The van der Waals surface area contributed by atoms with Crippen LogP contribution in [0.15, 0.2) is 0 Å². The van der Waals surface area contributed by atoms with Gasteiger partial charge in [0.05, 0.1) is 5.60 Å². The number of likely N-dealkylation sites (tertiary alicyclic amines) is 1. The van der Waals surface area contributed by atoms with E-state index in [1.54, 1.807) is 0 Å². The lowest BCUT2D eigenvalue weighted by molar-refractivity contribution is 0.0284. The molecular weight excluding hydrogens is 150 g/mol. The third-order valence-electron chi connectivity index (χ3n) is 2.95. The van der Waals surface area contributed by atoms with Crippen molar-refractivity contribution in [3.8, 4) is 0 Å². The zero-order chi connectivity index (χ0) is 9.19. The molecule has 72 valence electrons. The van der Waals surface area contributed by atoms with Crippen LogP contribution < -0.4 is 0 Å². The molecule has 1 rings (SSSR count). The Labute approximate surface area is 75.6 Å². The summed E-state index contributed by atoms with van der Waals surface area (Å²) in [4.78, 5) is 2.21. The highest BCUT2D eigenvalue weighted by Gasteiger charge is 2.34. The summed E-state index contributed by atoms with van der Waals surface area (Å²) in [7, 11) is 2.08. The number of hydrogen-bond donors (Lipinski definition) is 1. The van der Waals surface area contributed by atoms with Gasteiger partial charge in [0.15, 0.2) is 0 Å². The number of rotatable bonds is 3. The molecule has 0 aromatic carbocycles. The van der Waals surface area contributed by atoms with E-state index in [4.69, 9.17) is 0 Å². The fourth-order valence-electron chi connectivity index (χ4n) is 2.02. The van der Waals surface area contributed by atoms with E-state index in [0.717, 1.165) is 25.9 Å². The summed E-state index contributed by atoms with van der Waals surface area (Å²) in [6.07, 6.45) is 3.09. The van der Waals surface area contributed by atoms with Crippen molar-refractivity contribution in [2.75, 3.05) is 20.1 Å². The quantitative estimate of drug-likeness (QED) is 0.695. The number of hydrogen-bond acceptors (Lipinski definition) is 2. The topological polar surface area (TPSA) is 23.5 Å². The third kappa shape index (κ3) is 2.46. The average Bonchev–Trinajstić information content (AvgIpc) is 2.30. The Morgan fingerprint density at radius 1 is 1.58 bits per heavy atom. The highest BCUT2D eigenvalue weighted by atomic mass is 16.3. The van der Waals surface area contributed by atoms with E-state index in [-0.39, 0.29) is 5.60 Å². The lowest BCUT2D eigenvalue weighted by atomic mass is 9.89. The van der Waals surface area contributed by atoms with Crippen LogP contribution in [0.1, 0.15) is 33.1 Å². The van der Waals surface area contributed by atoms with Crippen molar-refractivity contribution in [3.05, 3.63) is 0 Å². The van der Waals surface area contributed by atoms with E-state index in [1.165, 1.54) is 6.42 Å². The molecule has 1 aliphatic heterocycles. The van der Waals surface area contributed by atoms with Crippen molar-refractivity contribution >= 4 is 0 Å². The summed E-state index contributed by atoms with van der Waals surface area (Å²) >= 11 is 0. The van der Waals surface area contributed by atoms with Gasteiger partial charge in [-0.3, -0.25) is 0 Å². The summed E-state index contributed by atoms with van der Waals surface area (Å²) in [6.45, 7) is 6.31. The Balaban J connectivity index is 2.39. The Morgan fingerprint density at radius 2 is 2.25 bits per heavy atom. The first-order valence-electron chi connectivity index (χ1n) is 4.96. The van der Waals surface area contributed by atoms with Crippen LogP contribution in [0.5, 0.6) is 0 Å². The molecule has 1 heterocycles. The first kappa shape index (κ1) is 10.0. The van der Waals surface area contributed by atoms with Gasteiger partial charge < -0.3 is 10.0 Å². The molecule has 0 spiro atoms. The number of likely N-dealkylation sites (N-methyl/N-ethyl adjacent to an activating group) is 1.